The molecule has 1 saturated heterocycles. The Labute approximate surface area is 219 Å². The zero-order chi connectivity index (χ0) is 25.2. The Morgan fingerprint density at radius 1 is 1.03 bits per heavy atom. The van der Waals surface area contributed by atoms with E-state index < -0.39 is 8.32 Å². The molecule has 1 aromatic carbocycles. The highest BCUT2D eigenvalue weighted by Crippen LogP contribution is 2.37. The molecule has 0 N–H and O–H groups in total. The number of hydrogen-bond donors (Lipinski definition) is 0. The maximum absolute atomic E-state index is 13.3. The number of hydrogen-bond acceptors (Lipinski definition) is 4. The molecule has 3 heterocycles. The standard InChI is InChI=1S/C27H39BrN4O2Si/c1-27(2,3)35(4,5)34-24(19-30-13-12-22-8-6-7-9-23(22)18-30)20-32-15-14-31(26(32)33)17-21-10-11-25(28)29-16-21/h6-11,16,24H,12-15,17-20H2,1-5H3/t24-/m1/s1. The SMILES string of the molecule is CC(C)(C)[Si](C)(C)O[C@H](CN1CCc2ccccc2C1)CN1CCN(Cc2ccc(Br)nc2)C1=O. The van der Waals surface area contributed by atoms with Gasteiger partial charge in [0.2, 0.25) is 0 Å². The molecule has 0 spiro atoms. The van der Waals surface area contributed by atoms with Crippen molar-refractivity contribution in [1.29, 1.82) is 0 Å². The van der Waals surface area contributed by atoms with Crippen molar-refractivity contribution in [2.24, 2.45) is 0 Å². The first kappa shape index (κ1) is 26.3. The lowest BCUT2D eigenvalue weighted by Crippen LogP contribution is -2.51. The summed E-state index contributed by atoms with van der Waals surface area (Å²) >= 11 is 3.38. The summed E-state index contributed by atoms with van der Waals surface area (Å²) in [6, 6.07) is 12.8. The first-order valence-electron chi connectivity index (χ1n) is 12.6. The van der Waals surface area contributed by atoms with Crippen molar-refractivity contribution in [3.8, 4) is 0 Å². The minimum absolute atomic E-state index is 0.000554. The Balaban J connectivity index is 1.44. The molecule has 2 aliphatic heterocycles. The molecule has 8 heteroatoms. The number of pyridine rings is 1. The summed E-state index contributed by atoms with van der Waals surface area (Å²) in [5.74, 6) is 0. The number of halogens is 1. The quantitative estimate of drug-likeness (QED) is 0.315. The Morgan fingerprint density at radius 3 is 2.43 bits per heavy atom. The van der Waals surface area contributed by atoms with Crippen molar-refractivity contribution in [2.75, 3.05) is 32.7 Å². The van der Waals surface area contributed by atoms with Crippen LogP contribution in [0, 0.1) is 0 Å². The average Bonchev–Trinajstić information content (AvgIpc) is 3.13. The fourth-order valence-corrected chi connectivity index (χ4v) is 6.21. The van der Waals surface area contributed by atoms with E-state index in [-0.39, 0.29) is 17.2 Å². The molecular formula is C27H39BrN4O2Si. The monoisotopic (exact) mass is 558 g/mol. The maximum atomic E-state index is 13.3. The molecule has 1 atom stereocenters. The predicted octanol–water partition coefficient (Wildman–Crippen LogP) is 5.53. The second kappa shape index (κ2) is 10.7. The molecule has 6 nitrogen and oxygen atoms in total. The predicted molar refractivity (Wildman–Crippen MR) is 147 cm³/mol. The molecule has 0 aliphatic carbocycles. The number of urea groups is 1. The van der Waals surface area contributed by atoms with Crippen LogP contribution in [0.25, 0.3) is 0 Å². The number of carbonyl (C=O) groups is 1. The van der Waals surface area contributed by atoms with E-state index in [2.05, 4.69) is 83.9 Å². The summed E-state index contributed by atoms with van der Waals surface area (Å²) in [4.78, 5) is 24.0. The molecule has 2 aromatic rings. The number of carbonyl (C=O) groups excluding carboxylic acids is 1. The van der Waals surface area contributed by atoms with E-state index in [1.807, 2.05) is 28.1 Å². The van der Waals surface area contributed by atoms with Gasteiger partial charge in [-0.15, -0.1) is 0 Å². The van der Waals surface area contributed by atoms with Crippen LogP contribution in [-0.2, 0) is 23.9 Å². The minimum atomic E-state index is -1.99. The van der Waals surface area contributed by atoms with Crippen LogP contribution < -0.4 is 0 Å². The summed E-state index contributed by atoms with van der Waals surface area (Å²) in [6.07, 6.45) is 2.90. The lowest BCUT2D eigenvalue weighted by Gasteiger charge is -2.42. The summed E-state index contributed by atoms with van der Waals surface area (Å²) in [6.45, 7) is 17.0. The molecule has 2 aliphatic rings. The lowest BCUT2D eigenvalue weighted by molar-refractivity contribution is 0.0879. The molecule has 4 rings (SSSR count). The van der Waals surface area contributed by atoms with E-state index in [4.69, 9.17) is 4.43 Å². The Morgan fingerprint density at radius 2 is 1.74 bits per heavy atom. The van der Waals surface area contributed by atoms with Crippen LogP contribution in [0.4, 0.5) is 4.79 Å². The van der Waals surface area contributed by atoms with Crippen LogP contribution in [0.3, 0.4) is 0 Å². The van der Waals surface area contributed by atoms with E-state index in [1.165, 1.54) is 11.1 Å². The van der Waals surface area contributed by atoms with Crippen molar-refractivity contribution in [3.63, 3.8) is 0 Å². The zero-order valence-electron chi connectivity index (χ0n) is 21.8. The largest absolute Gasteiger partial charge is 0.411 e. The van der Waals surface area contributed by atoms with Gasteiger partial charge in [-0.25, -0.2) is 9.78 Å². The van der Waals surface area contributed by atoms with Gasteiger partial charge in [0, 0.05) is 52.0 Å². The molecule has 0 bridgehead atoms. The first-order chi connectivity index (χ1) is 16.5. The highest BCUT2D eigenvalue weighted by atomic mass is 79.9. The van der Waals surface area contributed by atoms with Crippen molar-refractivity contribution in [2.45, 2.75) is 64.5 Å². The summed E-state index contributed by atoms with van der Waals surface area (Å²) in [7, 11) is -1.99. The van der Waals surface area contributed by atoms with E-state index >= 15 is 0 Å². The smallest absolute Gasteiger partial charge is 0.320 e. The Kier molecular flexibility index (Phi) is 8.05. The van der Waals surface area contributed by atoms with Gasteiger partial charge in [-0.1, -0.05) is 51.1 Å². The molecule has 2 amide bonds. The van der Waals surface area contributed by atoms with Gasteiger partial charge in [-0.3, -0.25) is 4.90 Å². The van der Waals surface area contributed by atoms with Gasteiger partial charge in [0.25, 0.3) is 0 Å². The number of amides is 2. The first-order valence-corrected chi connectivity index (χ1v) is 16.3. The van der Waals surface area contributed by atoms with Gasteiger partial charge >= 0.3 is 6.03 Å². The highest BCUT2D eigenvalue weighted by Gasteiger charge is 2.41. The van der Waals surface area contributed by atoms with Crippen molar-refractivity contribution in [1.82, 2.24) is 19.7 Å². The number of nitrogens with zero attached hydrogens (tertiary/aromatic N) is 4. The number of fused-ring (bicyclic) bond motifs is 1. The average molecular weight is 560 g/mol. The fourth-order valence-electron chi connectivity index (χ4n) is 4.64. The van der Waals surface area contributed by atoms with Gasteiger partial charge in [0.05, 0.1) is 6.10 Å². The summed E-state index contributed by atoms with van der Waals surface area (Å²) < 4.78 is 7.75. The van der Waals surface area contributed by atoms with Crippen LogP contribution in [0.15, 0.2) is 47.2 Å². The van der Waals surface area contributed by atoms with Crippen molar-refractivity contribution >= 4 is 30.3 Å². The van der Waals surface area contributed by atoms with Crippen molar-refractivity contribution < 1.29 is 9.22 Å². The molecule has 0 saturated carbocycles. The number of rotatable bonds is 8. The minimum Gasteiger partial charge on any atom is -0.411 e. The van der Waals surface area contributed by atoms with E-state index in [9.17, 15) is 4.79 Å². The third kappa shape index (κ3) is 6.53. The van der Waals surface area contributed by atoms with E-state index in [1.54, 1.807) is 0 Å². The fraction of sp³-hybridized carbons (Fsp3) is 0.556. The van der Waals surface area contributed by atoms with Crippen LogP contribution in [-0.4, -0.2) is 72.9 Å². The van der Waals surface area contributed by atoms with Gasteiger partial charge in [-0.2, -0.15) is 0 Å². The van der Waals surface area contributed by atoms with E-state index in [0.717, 1.165) is 49.3 Å². The molecule has 0 unspecified atom stereocenters. The van der Waals surface area contributed by atoms with Gasteiger partial charge in [0.1, 0.15) is 4.60 Å². The molecule has 1 fully saturated rings. The highest BCUT2D eigenvalue weighted by molar-refractivity contribution is 9.10. The van der Waals surface area contributed by atoms with E-state index in [0.29, 0.717) is 13.1 Å². The molecule has 190 valence electrons. The zero-order valence-corrected chi connectivity index (χ0v) is 24.3. The van der Waals surface area contributed by atoms with Crippen LogP contribution in [0.5, 0.6) is 0 Å². The van der Waals surface area contributed by atoms with Gasteiger partial charge < -0.3 is 14.2 Å². The number of benzene rings is 1. The summed E-state index contributed by atoms with van der Waals surface area (Å²) in [5.41, 5.74) is 3.92. The topological polar surface area (TPSA) is 48.9 Å². The third-order valence-corrected chi connectivity index (χ3v) is 12.7. The number of aromatic nitrogens is 1. The molecule has 1 aromatic heterocycles. The van der Waals surface area contributed by atoms with Crippen molar-refractivity contribution in [3.05, 3.63) is 63.9 Å². The lowest BCUT2D eigenvalue weighted by atomic mass is 10.00. The van der Waals surface area contributed by atoms with Crippen LogP contribution >= 0.6 is 15.9 Å². The molecule has 0 radical (unpaired) electrons. The maximum Gasteiger partial charge on any atom is 0.320 e. The molecule has 35 heavy (non-hydrogen) atoms. The summed E-state index contributed by atoms with van der Waals surface area (Å²) in [5, 5.41) is 0.120. The second-order valence-corrected chi connectivity index (χ2v) is 17.0. The second-order valence-electron chi connectivity index (χ2n) is 11.4. The Hall–Kier alpha value is -1.74. The van der Waals surface area contributed by atoms with Gasteiger partial charge in [0.15, 0.2) is 8.32 Å². The van der Waals surface area contributed by atoms with Crippen LogP contribution in [0.1, 0.15) is 37.5 Å². The molecular weight excluding hydrogens is 520 g/mol. The van der Waals surface area contributed by atoms with Gasteiger partial charge in [-0.05, 0) is 63.2 Å². The normalized spacial score (nSPS) is 18.2. The van der Waals surface area contributed by atoms with Crippen LogP contribution in [0.2, 0.25) is 18.1 Å². The Bertz CT molecular complexity index is 1020. The third-order valence-electron chi connectivity index (χ3n) is 7.71.